The molecule has 2 fully saturated rings. The Balaban J connectivity index is 1.53. The summed E-state index contributed by atoms with van der Waals surface area (Å²) in [6, 6.07) is 5.84. The van der Waals surface area contributed by atoms with Gasteiger partial charge in [0.05, 0.1) is 12.2 Å². The zero-order chi connectivity index (χ0) is 16.1. The molecule has 0 spiro atoms. The average Bonchev–Trinajstić information content (AvgIpc) is 3.39. The molecule has 1 aromatic rings. The van der Waals surface area contributed by atoms with Gasteiger partial charge in [0.25, 0.3) is 0 Å². The molecule has 0 saturated heterocycles. The fourth-order valence-corrected chi connectivity index (χ4v) is 3.27. The van der Waals surface area contributed by atoms with Gasteiger partial charge in [0.1, 0.15) is 5.41 Å². The number of amides is 2. The Morgan fingerprint density at radius 1 is 1.09 bits per heavy atom. The fraction of sp³-hybridized carbons (Fsp3) is 0.611. The van der Waals surface area contributed by atoms with Crippen LogP contribution in [0.4, 0.5) is 0 Å². The third-order valence-corrected chi connectivity index (χ3v) is 4.97. The van der Waals surface area contributed by atoms with E-state index in [1.54, 1.807) is 6.20 Å². The normalized spacial score (nSPS) is 20.3. The van der Waals surface area contributed by atoms with Crippen LogP contribution in [0, 0.1) is 5.41 Å². The Morgan fingerprint density at radius 2 is 1.83 bits per heavy atom. The molecule has 2 amide bonds. The summed E-state index contributed by atoms with van der Waals surface area (Å²) in [6.07, 6.45) is 9.93. The molecule has 2 saturated carbocycles. The predicted molar refractivity (Wildman–Crippen MR) is 87.4 cm³/mol. The largest absolute Gasteiger partial charge is 0.352 e. The van der Waals surface area contributed by atoms with Crippen molar-refractivity contribution in [1.29, 1.82) is 0 Å². The van der Waals surface area contributed by atoms with E-state index in [4.69, 9.17) is 0 Å². The van der Waals surface area contributed by atoms with E-state index in [2.05, 4.69) is 15.6 Å². The van der Waals surface area contributed by atoms with Crippen molar-refractivity contribution in [2.45, 2.75) is 64.0 Å². The molecule has 3 rings (SSSR count). The molecule has 2 N–H and O–H groups in total. The first kappa shape index (κ1) is 16.0. The molecule has 0 bridgehead atoms. The van der Waals surface area contributed by atoms with Crippen LogP contribution >= 0.6 is 0 Å². The van der Waals surface area contributed by atoms with E-state index in [0.717, 1.165) is 18.5 Å². The van der Waals surface area contributed by atoms with E-state index >= 15 is 0 Å². The zero-order valence-electron chi connectivity index (χ0n) is 13.5. The minimum Gasteiger partial charge on any atom is -0.352 e. The van der Waals surface area contributed by atoms with Crippen molar-refractivity contribution in [1.82, 2.24) is 15.6 Å². The monoisotopic (exact) mass is 315 g/mol. The third kappa shape index (κ3) is 3.89. The standard InChI is InChI=1S/C18H25N3O2/c22-16(20-13-15-9-5-6-12-19-15)18(10-11-18)17(23)21-14-7-3-1-2-4-8-14/h5-6,9,12,14H,1-4,7-8,10-11,13H2,(H,20,22)(H,21,23). The Morgan fingerprint density at radius 3 is 2.43 bits per heavy atom. The number of hydrogen-bond donors (Lipinski definition) is 2. The van der Waals surface area contributed by atoms with Crippen LogP contribution in [0.5, 0.6) is 0 Å². The number of hydrogen-bond acceptors (Lipinski definition) is 3. The summed E-state index contributed by atoms with van der Waals surface area (Å²) in [7, 11) is 0. The van der Waals surface area contributed by atoms with Crippen LogP contribution in [-0.4, -0.2) is 22.8 Å². The number of nitrogens with one attached hydrogen (secondary N) is 2. The van der Waals surface area contributed by atoms with Crippen molar-refractivity contribution < 1.29 is 9.59 Å². The van der Waals surface area contributed by atoms with Crippen LogP contribution in [0.1, 0.15) is 57.1 Å². The van der Waals surface area contributed by atoms with Crippen molar-refractivity contribution in [3.05, 3.63) is 30.1 Å². The molecule has 1 heterocycles. The summed E-state index contributed by atoms with van der Waals surface area (Å²) >= 11 is 0. The van der Waals surface area contributed by atoms with Crippen molar-refractivity contribution in [3.8, 4) is 0 Å². The van der Waals surface area contributed by atoms with Gasteiger partial charge in [-0.05, 0) is 37.8 Å². The van der Waals surface area contributed by atoms with Crippen LogP contribution in [0.2, 0.25) is 0 Å². The third-order valence-electron chi connectivity index (χ3n) is 4.97. The van der Waals surface area contributed by atoms with Crippen molar-refractivity contribution in [3.63, 3.8) is 0 Å². The van der Waals surface area contributed by atoms with Gasteiger partial charge in [-0.2, -0.15) is 0 Å². The summed E-state index contributed by atoms with van der Waals surface area (Å²) in [5.41, 5.74) is -0.0259. The predicted octanol–water partition coefficient (Wildman–Crippen LogP) is 2.32. The maximum Gasteiger partial charge on any atom is 0.236 e. The van der Waals surface area contributed by atoms with E-state index in [0.29, 0.717) is 19.4 Å². The Labute approximate surface area is 137 Å². The number of carbonyl (C=O) groups excluding carboxylic acids is 2. The average molecular weight is 315 g/mol. The van der Waals surface area contributed by atoms with Crippen LogP contribution in [0.3, 0.4) is 0 Å². The Kier molecular flexibility index (Phi) is 4.94. The van der Waals surface area contributed by atoms with Crippen molar-refractivity contribution in [2.75, 3.05) is 0 Å². The van der Waals surface area contributed by atoms with Gasteiger partial charge in [-0.25, -0.2) is 0 Å². The first-order chi connectivity index (χ1) is 11.2. The summed E-state index contributed by atoms with van der Waals surface area (Å²) in [5, 5.41) is 6.00. The van der Waals surface area contributed by atoms with Crippen LogP contribution < -0.4 is 10.6 Å². The minimum atomic E-state index is -0.832. The summed E-state index contributed by atoms with van der Waals surface area (Å²) in [4.78, 5) is 29.2. The number of nitrogens with zero attached hydrogens (tertiary/aromatic N) is 1. The second-order valence-electron chi connectivity index (χ2n) is 6.75. The molecular formula is C18H25N3O2. The van der Waals surface area contributed by atoms with E-state index < -0.39 is 5.41 Å². The van der Waals surface area contributed by atoms with Crippen molar-refractivity contribution in [2.24, 2.45) is 5.41 Å². The molecule has 2 aliphatic rings. The lowest BCUT2D eigenvalue weighted by molar-refractivity contribution is -0.137. The highest BCUT2D eigenvalue weighted by Gasteiger charge is 2.56. The highest BCUT2D eigenvalue weighted by molar-refractivity contribution is 6.07. The minimum absolute atomic E-state index is 0.0806. The van der Waals surface area contributed by atoms with Gasteiger partial charge in [0.15, 0.2) is 0 Å². The van der Waals surface area contributed by atoms with Crippen LogP contribution in [0.15, 0.2) is 24.4 Å². The number of rotatable bonds is 5. The molecule has 2 aliphatic carbocycles. The lowest BCUT2D eigenvalue weighted by atomic mass is 10.0. The van der Waals surface area contributed by atoms with Gasteiger partial charge in [0.2, 0.25) is 11.8 Å². The van der Waals surface area contributed by atoms with Gasteiger partial charge in [-0.1, -0.05) is 31.7 Å². The van der Waals surface area contributed by atoms with Gasteiger partial charge in [0, 0.05) is 12.2 Å². The summed E-state index contributed by atoms with van der Waals surface area (Å²) < 4.78 is 0. The highest BCUT2D eigenvalue weighted by atomic mass is 16.2. The zero-order valence-corrected chi connectivity index (χ0v) is 13.5. The van der Waals surface area contributed by atoms with Crippen LogP contribution in [-0.2, 0) is 16.1 Å². The fourth-order valence-electron chi connectivity index (χ4n) is 3.27. The number of pyridine rings is 1. The molecule has 0 radical (unpaired) electrons. The van der Waals surface area contributed by atoms with Crippen molar-refractivity contribution >= 4 is 11.8 Å². The molecular weight excluding hydrogens is 290 g/mol. The van der Waals surface area contributed by atoms with Gasteiger partial charge < -0.3 is 10.6 Å². The Hall–Kier alpha value is -1.91. The number of carbonyl (C=O) groups is 2. The van der Waals surface area contributed by atoms with E-state index in [1.165, 1.54) is 25.7 Å². The summed E-state index contributed by atoms with van der Waals surface area (Å²) in [5.74, 6) is -0.239. The first-order valence-corrected chi connectivity index (χ1v) is 8.70. The topological polar surface area (TPSA) is 71.1 Å². The van der Waals surface area contributed by atoms with Gasteiger partial charge in [-0.15, -0.1) is 0 Å². The second kappa shape index (κ2) is 7.11. The van der Waals surface area contributed by atoms with E-state index in [-0.39, 0.29) is 17.9 Å². The quantitative estimate of drug-likeness (QED) is 0.647. The lowest BCUT2D eigenvalue weighted by Gasteiger charge is -2.21. The molecule has 0 unspecified atom stereocenters. The maximum absolute atomic E-state index is 12.6. The first-order valence-electron chi connectivity index (χ1n) is 8.70. The molecule has 5 heteroatoms. The van der Waals surface area contributed by atoms with E-state index in [9.17, 15) is 9.59 Å². The summed E-state index contributed by atoms with van der Waals surface area (Å²) in [6.45, 7) is 0.373. The molecule has 23 heavy (non-hydrogen) atoms. The molecule has 124 valence electrons. The lowest BCUT2D eigenvalue weighted by Crippen LogP contribution is -2.46. The molecule has 5 nitrogen and oxygen atoms in total. The van der Waals surface area contributed by atoms with E-state index in [1.807, 2.05) is 18.2 Å². The van der Waals surface area contributed by atoms with Gasteiger partial charge >= 0.3 is 0 Å². The molecule has 1 aromatic heterocycles. The maximum atomic E-state index is 12.6. The van der Waals surface area contributed by atoms with Crippen LogP contribution in [0.25, 0.3) is 0 Å². The SMILES string of the molecule is O=C(NCc1ccccn1)C1(C(=O)NC2CCCCCC2)CC1. The molecule has 0 aromatic carbocycles. The molecule has 0 aliphatic heterocycles. The number of aromatic nitrogens is 1. The molecule has 0 atom stereocenters. The Bertz CT molecular complexity index is 547. The smallest absolute Gasteiger partial charge is 0.236 e. The van der Waals surface area contributed by atoms with Gasteiger partial charge in [-0.3, -0.25) is 14.6 Å². The highest BCUT2D eigenvalue weighted by Crippen LogP contribution is 2.46. The second-order valence-corrected chi connectivity index (χ2v) is 6.75.